The lowest BCUT2D eigenvalue weighted by Gasteiger charge is -2.21. The highest BCUT2D eigenvalue weighted by Gasteiger charge is 2.30. The molecule has 0 amide bonds. The molecule has 0 aromatic rings. The normalized spacial score (nSPS) is 14.3. The molecule has 0 rings (SSSR count). The Morgan fingerprint density at radius 2 is 0.411 bits per heavy atom. The van der Waals surface area contributed by atoms with E-state index in [1.165, 1.54) is 270 Å². The lowest BCUT2D eigenvalue weighted by atomic mass is 10.0. The maximum Gasteiger partial charge on any atom is 0.472 e. The van der Waals surface area contributed by atoms with Crippen molar-refractivity contribution >= 4 is 33.6 Å². The fourth-order valence-corrected chi connectivity index (χ4v) is 16.3. The number of phosphoric ester groups is 2. The predicted molar refractivity (Wildman–Crippen MR) is 546 cm³/mol. The molecule has 129 heavy (non-hydrogen) atoms. The number of ether oxygens (including phenoxy) is 3. The van der Waals surface area contributed by atoms with Crippen LogP contribution in [0.15, 0.2) is 158 Å². The van der Waals surface area contributed by atoms with E-state index in [0.29, 0.717) is 19.3 Å². The summed E-state index contributed by atoms with van der Waals surface area (Å²) in [5, 5.41) is 20.8. The van der Waals surface area contributed by atoms with Crippen LogP contribution in [-0.2, 0) is 55.8 Å². The smallest absolute Gasteiger partial charge is 0.463 e. The van der Waals surface area contributed by atoms with Gasteiger partial charge < -0.3 is 34.2 Å². The highest BCUT2D eigenvalue weighted by atomic mass is 31.2. The molecule has 0 aliphatic carbocycles. The Labute approximate surface area is 790 Å². The molecular formula is C111H194O16P2. The van der Waals surface area contributed by atoms with E-state index in [1.54, 1.807) is 0 Å². The van der Waals surface area contributed by atoms with Crippen LogP contribution in [0.3, 0.4) is 0 Å². The Bertz CT molecular complexity index is 2980. The van der Waals surface area contributed by atoms with Gasteiger partial charge in [0.1, 0.15) is 25.4 Å². The molecule has 0 aliphatic rings. The third-order valence-corrected chi connectivity index (χ3v) is 24.6. The first-order valence-corrected chi connectivity index (χ1v) is 55.8. The van der Waals surface area contributed by atoms with Gasteiger partial charge in [-0.3, -0.25) is 32.5 Å². The second kappa shape index (κ2) is 102. The van der Waals surface area contributed by atoms with Gasteiger partial charge in [0.25, 0.3) is 0 Å². The van der Waals surface area contributed by atoms with Gasteiger partial charge in [-0.05, 0) is 154 Å². The lowest BCUT2D eigenvalue weighted by molar-refractivity contribution is -0.161. The minimum absolute atomic E-state index is 0.102. The molecule has 0 aromatic carbocycles. The molecule has 0 saturated heterocycles. The number of hydrogen-bond acceptors (Lipinski definition) is 14. The van der Waals surface area contributed by atoms with Gasteiger partial charge in [-0.1, -0.05) is 455 Å². The van der Waals surface area contributed by atoms with E-state index < -0.39 is 91.5 Å². The van der Waals surface area contributed by atoms with Crippen LogP contribution in [0.4, 0.5) is 0 Å². The van der Waals surface area contributed by atoms with E-state index in [1.807, 2.05) is 0 Å². The number of rotatable bonds is 100. The van der Waals surface area contributed by atoms with Crippen LogP contribution in [0.1, 0.15) is 470 Å². The number of esters is 3. The third kappa shape index (κ3) is 104. The molecule has 0 fully saturated rings. The zero-order valence-corrected chi connectivity index (χ0v) is 84.4. The Balaban J connectivity index is 4.60. The van der Waals surface area contributed by atoms with Gasteiger partial charge in [0.05, 0.1) is 26.4 Å². The van der Waals surface area contributed by atoms with E-state index in [4.69, 9.17) is 32.3 Å². The molecular weight excluding hydrogens is 1650 g/mol. The molecule has 0 radical (unpaired) electrons. The van der Waals surface area contributed by atoms with Crippen LogP contribution >= 0.6 is 15.6 Å². The molecule has 4 N–H and O–H groups in total. The molecule has 5 atom stereocenters. The summed E-state index contributed by atoms with van der Waals surface area (Å²) in [6, 6.07) is 0. The Kier molecular flexibility index (Phi) is 98.3. The third-order valence-electron chi connectivity index (χ3n) is 22.7. The van der Waals surface area contributed by atoms with Crippen molar-refractivity contribution in [2.24, 2.45) is 0 Å². The molecule has 0 aromatic heterocycles. The first-order valence-electron chi connectivity index (χ1n) is 52.8. The lowest BCUT2D eigenvalue weighted by Crippen LogP contribution is -2.30. The van der Waals surface area contributed by atoms with Gasteiger partial charge in [-0.2, -0.15) is 0 Å². The van der Waals surface area contributed by atoms with Crippen molar-refractivity contribution in [3.05, 3.63) is 158 Å². The number of carbonyl (C=O) groups is 3. The molecule has 0 spiro atoms. The first kappa shape index (κ1) is 124. The minimum Gasteiger partial charge on any atom is -0.463 e. The molecule has 0 saturated carbocycles. The van der Waals surface area contributed by atoms with Gasteiger partial charge in [-0.25, -0.2) is 9.13 Å². The molecule has 0 heterocycles. The zero-order valence-electron chi connectivity index (χ0n) is 82.6. The standard InChI is InChI=1S/C111H194O16P2/c1-4-7-10-13-16-19-22-25-28-31-34-37-40-43-46-49-51-52-54-57-58-61-64-67-70-73-76-79-82-85-88-91-94-97-109(114)121-100-106(112)101-123-128(117,118)124-102-107(113)103-125-129(119,120)126-105-108(127-111(116)99-96-93-90-87-84-81-78-75-72-69-66-63-60-55-48-45-42-39-36-33-30-27-24-21-18-15-12-9-6-3)104-122-110(115)98-95-92-89-86-83-80-77-74-71-68-65-62-59-56-53-50-47-44-41-38-35-32-29-26-23-20-17-14-11-8-5-2/h8,11,16-21,25-30,34-39,43-48,106-108,112-113H,4-7,9-10,12-15,22-24,31-33,40-42,49-105H2,1-3H3,(H,117,118)(H,119,120)/b11-8-,19-16-,20-17-,21-18-,28-25-,29-26-,30-27-,37-34-,38-35-,39-36-,46-43-,47-44-,48-45-. The monoisotopic (exact) mass is 1850 g/mol. The van der Waals surface area contributed by atoms with Gasteiger partial charge in [-0.15, -0.1) is 0 Å². The molecule has 5 unspecified atom stereocenters. The topological polar surface area (TPSA) is 231 Å². The quantitative estimate of drug-likeness (QED) is 0.0146. The highest BCUT2D eigenvalue weighted by Crippen LogP contribution is 2.45. The molecule has 0 aliphatic heterocycles. The second-order valence-electron chi connectivity index (χ2n) is 35.3. The number of allylic oxidation sites excluding steroid dienone is 26. The molecule has 18 heteroatoms. The van der Waals surface area contributed by atoms with Crippen molar-refractivity contribution < 1.29 is 75.8 Å². The van der Waals surface area contributed by atoms with Gasteiger partial charge in [0.2, 0.25) is 0 Å². The van der Waals surface area contributed by atoms with Crippen molar-refractivity contribution in [1.82, 2.24) is 0 Å². The molecule has 16 nitrogen and oxygen atoms in total. The average molecular weight is 1850 g/mol. The summed E-state index contributed by atoms with van der Waals surface area (Å²) >= 11 is 0. The number of carbonyl (C=O) groups excluding carboxylic acids is 3. The van der Waals surface area contributed by atoms with E-state index in [2.05, 4.69) is 179 Å². The van der Waals surface area contributed by atoms with Crippen LogP contribution in [-0.4, -0.2) is 95.9 Å². The van der Waals surface area contributed by atoms with Crippen molar-refractivity contribution in [3.63, 3.8) is 0 Å². The molecule has 744 valence electrons. The van der Waals surface area contributed by atoms with Gasteiger partial charge >= 0.3 is 33.6 Å². The SMILES string of the molecule is CC/C=C\C/C=C\C/C=C\C/C=C\C/C=C\CCCCCCCCCCCCCCCCCC(=O)OCC(COP(=O)(O)OCC(O)COP(=O)(O)OCC(O)COC(=O)CCCCCCCCCCCCCCCCCCC/C=C\C/C=C\C/C=C\C/C=C\CCCCC)OC(=O)CCCCCCCCCCCCCCC/C=C\C/C=C\C/C=C\C/C=C\CCCCC. The number of aliphatic hydroxyl groups excluding tert-OH is 2. The van der Waals surface area contributed by atoms with Crippen molar-refractivity contribution in [3.8, 4) is 0 Å². The van der Waals surface area contributed by atoms with Crippen LogP contribution < -0.4 is 0 Å². The summed E-state index contributed by atoms with van der Waals surface area (Å²) in [6.45, 7) is 2.60. The number of unbranched alkanes of at least 4 members (excludes halogenated alkanes) is 51. The second-order valence-corrected chi connectivity index (χ2v) is 38.2. The zero-order chi connectivity index (χ0) is 93.5. The Morgan fingerprint density at radius 1 is 0.225 bits per heavy atom. The fraction of sp³-hybridized carbons (Fsp3) is 0.739. The van der Waals surface area contributed by atoms with E-state index in [9.17, 15) is 43.5 Å². The van der Waals surface area contributed by atoms with Crippen LogP contribution in [0.5, 0.6) is 0 Å². The van der Waals surface area contributed by atoms with Crippen LogP contribution in [0, 0.1) is 0 Å². The van der Waals surface area contributed by atoms with Crippen LogP contribution in [0.2, 0.25) is 0 Å². The number of hydrogen-bond donors (Lipinski definition) is 4. The molecule has 0 bridgehead atoms. The predicted octanol–water partition coefficient (Wildman–Crippen LogP) is 33.6. The minimum atomic E-state index is -4.95. The highest BCUT2D eigenvalue weighted by molar-refractivity contribution is 7.47. The van der Waals surface area contributed by atoms with Crippen molar-refractivity contribution in [1.29, 1.82) is 0 Å². The van der Waals surface area contributed by atoms with E-state index in [0.717, 1.165) is 141 Å². The Hall–Kier alpha value is -4.83. The van der Waals surface area contributed by atoms with Crippen molar-refractivity contribution in [2.45, 2.75) is 489 Å². The summed E-state index contributed by atoms with van der Waals surface area (Å²) < 4.78 is 61.8. The summed E-state index contributed by atoms with van der Waals surface area (Å²) in [5.41, 5.74) is 0. The summed E-state index contributed by atoms with van der Waals surface area (Å²) in [7, 11) is -9.82. The van der Waals surface area contributed by atoms with Crippen LogP contribution in [0.25, 0.3) is 0 Å². The summed E-state index contributed by atoms with van der Waals surface area (Å²) in [4.78, 5) is 59.3. The first-order chi connectivity index (χ1) is 63.2. The number of phosphoric acid groups is 2. The van der Waals surface area contributed by atoms with Crippen molar-refractivity contribution in [2.75, 3.05) is 39.6 Å². The Morgan fingerprint density at radius 3 is 0.651 bits per heavy atom. The summed E-state index contributed by atoms with van der Waals surface area (Å²) in [5.74, 6) is -1.55. The average Bonchev–Trinajstić information content (AvgIpc) is 0.898. The van der Waals surface area contributed by atoms with E-state index in [-0.39, 0.29) is 19.3 Å². The van der Waals surface area contributed by atoms with Gasteiger partial charge in [0, 0.05) is 19.3 Å². The largest absolute Gasteiger partial charge is 0.472 e. The number of aliphatic hydroxyl groups is 2. The maximum absolute atomic E-state index is 13.1. The van der Waals surface area contributed by atoms with E-state index >= 15 is 0 Å². The summed E-state index contributed by atoms with van der Waals surface area (Å²) in [6.07, 6.45) is 133. The fourth-order valence-electron chi connectivity index (χ4n) is 14.7. The maximum atomic E-state index is 13.1. The van der Waals surface area contributed by atoms with Gasteiger partial charge in [0.15, 0.2) is 6.10 Å².